The molecular weight excluding hydrogens is 346 g/mol. The van der Waals surface area contributed by atoms with Crippen LogP contribution in [-0.2, 0) is 21.2 Å². The van der Waals surface area contributed by atoms with Crippen molar-refractivity contribution in [3.63, 3.8) is 0 Å². The van der Waals surface area contributed by atoms with Crippen LogP contribution in [0.2, 0.25) is 0 Å². The summed E-state index contributed by atoms with van der Waals surface area (Å²) in [5, 5.41) is 10.4. The van der Waals surface area contributed by atoms with Gasteiger partial charge in [-0.15, -0.1) is 0 Å². The molecule has 3 rings (SSSR count). The fraction of sp³-hybridized carbons (Fsp3) is 0.125. The molecule has 2 heterocycles. The molecule has 0 spiro atoms. The van der Waals surface area contributed by atoms with Gasteiger partial charge in [-0.1, -0.05) is 0 Å². The zero-order valence-electron chi connectivity index (χ0n) is 13.0. The molecule has 8 nitrogen and oxygen atoms in total. The number of phenols is 1. The molecule has 0 bridgehead atoms. The van der Waals surface area contributed by atoms with Crippen molar-refractivity contribution < 1.29 is 23.1 Å². The lowest BCUT2D eigenvalue weighted by Gasteiger charge is -2.07. The normalized spacial score (nSPS) is 11.5. The number of aromatic hydroxyl groups is 1. The summed E-state index contributed by atoms with van der Waals surface area (Å²) in [6.45, 7) is 0.0161. The summed E-state index contributed by atoms with van der Waals surface area (Å²) in [7, 11) is -3.89. The molecule has 25 heavy (non-hydrogen) atoms. The lowest BCUT2D eigenvalue weighted by atomic mass is 10.1. The van der Waals surface area contributed by atoms with Crippen LogP contribution in [0.1, 0.15) is 5.56 Å². The van der Waals surface area contributed by atoms with Gasteiger partial charge in [-0.3, -0.25) is 4.98 Å². The SMILES string of the molecule is NC(=O)OCCc1cn(S(=O)(=O)c2cccnc2)c2cc(O)ccc12. The Kier molecular flexibility index (Phi) is 4.32. The summed E-state index contributed by atoms with van der Waals surface area (Å²) in [5.41, 5.74) is 5.90. The monoisotopic (exact) mass is 361 g/mol. The second-order valence-corrected chi connectivity index (χ2v) is 7.08. The molecule has 0 unspecified atom stereocenters. The smallest absolute Gasteiger partial charge is 0.404 e. The molecule has 0 radical (unpaired) electrons. The van der Waals surface area contributed by atoms with E-state index in [4.69, 9.17) is 10.5 Å². The third-order valence-corrected chi connectivity index (χ3v) is 5.30. The van der Waals surface area contributed by atoms with E-state index in [1.54, 1.807) is 6.07 Å². The number of pyridine rings is 1. The number of carbonyl (C=O) groups excluding carboxylic acids is 1. The topological polar surface area (TPSA) is 125 Å². The van der Waals surface area contributed by atoms with E-state index >= 15 is 0 Å². The number of hydrogen-bond donors (Lipinski definition) is 2. The number of carbonyl (C=O) groups is 1. The number of nitrogens with two attached hydrogens (primary N) is 1. The van der Waals surface area contributed by atoms with Crippen molar-refractivity contribution in [1.29, 1.82) is 0 Å². The summed E-state index contributed by atoms with van der Waals surface area (Å²) < 4.78 is 31.6. The molecule has 130 valence electrons. The molecular formula is C16H15N3O5S. The molecule has 2 aromatic heterocycles. The number of nitrogens with zero attached hydrogens (tertiary/aromatic N) is 2. The predicted molar refractivity (Wildman–Crippen MR) is 89.7 cm³/mol. The number of amides is 1. The van der Waals surface area contributed by atoms with Gasteiger partial charge in [0.2, 0.25) is 0 Å². The number of fused-ring (bicyclic) bond motifs is 1. The van der Waals surface area contributed by atoms with Gasteiger partial charge in [0.05, 0.1) is 12.1 Å². The average Bonchev–Trinajstić information content (AvgIpc) is 2.94. The Hall–Kier alpha value is -3.07. The molecule has 9 heteroatoms. The van der Waals surface area contributed by atoms with Crippen molar-refractivity contribution in [3.05, 3.63) is 54.5 Å². The Morgan fingerprint density at radius 3 is 2.80 bits per heavy atom. The van der Waals surface area contributed by atoms with Crippen molar-refractivity contribution in [2.24, 2.45) is 5.73 Å². The van der Waals surface area contributed by atoms with E-state index < -0.39 is 16.1 Å². The van der Waals surface area contributed by atoms with Gasteiger partial charge in [-0.25, -0.2) is 17.2 Å². The van der Waals surface area contributed by atoms with Crippen molar-refractivity contribution in [1.82, 2.24) is 8.96 Å². The summed E-state index contributed by atoms with van der Waals surface area (Å²) in [5.74, 6) is -0.0619. The number of primary amides is 1. The van der Waals surface area contributed by atoms with E-state index in [0.717, 1.165) is 3.97 Å². The third kappa shape index (κ3) is 3.26. The van der Waals surface area contributed by atoms with Crippen LogP contribution in [0.5, 0.6) is 5.75 Å². The number of aromatic nitrogens is 2. The minimum absolute atomic E-state index is 0.0161. The lowest BCUT2D eigenvalue weighted by molar-refractivity contribution is 0.158. The number of rotatable bonds is 5. The van der Waals surface area contributed by atoms with Crippen LogP contribution in [0.15, 0.2) is 53.8 Å². The fourth-order valence-electron chi connectivity index (χ4n) is 2.53. The van der Waals surface area contributed by atoms with Crippen LogP contribution in [0.25, 0.3) is 10.9 Å². The first kappa shape index (κ1) is 16.8. The number of benzene rings is 1. The van der Waals surface area contributed by atoms with Crippen LogP contribution in [0, 0.1) is 0 Å². The maximum absolute atomic E-state index is 12.9. The van der Waals surface area contributed by atoms with Crippen LogP contribution in [0.4, 0.5) is 4.79 Å². The largest absolute Gasteiger partial charge is 0.508 e. The molecule has 0 aliphatic heterocycles. The summed E-state index contributed by atoms with van der Waals surface area (Å²) in [6, 6.07) is 7.40. The van der Waals surface area contributed by atoms with Crippen LogP contribution < -0.4 is 5.73 Å². The van der Waals surface area contributed by atoms with E-state index in [9.17, 15) is 18.3 Å². The Morgan fingerprint density at radius 2 is 2.12 bits per heavy atom. The van der Waals surface area contributed by atoms with Crippen molar-refractivity contribution in [2.75, 3.05) is 6.61 Å². The van der Waals surface area contributed by atoms with Gasteiger partial charge in [0.25, 0.3) is 10.0 Å². The molecule has 1 aromatic carbocycles. The Morgan fingerprint density at radius 1 is 1.32 bits per heavy atom. The molecule has 1 amide bonds. The summed E-state index contributed by atoms with van der Waals surface area (Å²) in [6.07, 6.45) is 3.55. The minimum Gasteiger partial charge on any atom is -0.508 e. The zero-order chi connectivity index (χ0) is 18.0. The van der Waals surface area contributed by atoms with Crippen molar-refractivity contribution in [2.45, 2.75) is 11.3 Å². The van der Waals surface area contributed by atoms with E-state index in [0.29, 0.717) is 16.5 Å². The minimum atomic E-state index is -3.89. The average molecular weight is 361 g/mol. The van der Waals surface area contributed by atoms with Gasteiger partial charge in [-0.2, -0.15) is 0 Å². The summed E-state index contributed by atoms with van der Waals surface area (Å²) in [4.78, 5) is 14.6. The first-order valence-corrected chi connectivity index (χ1v) is 8.74. The molecule has 3 aromatic rings. The molecule has 0 fully saturated rings. The highest BCUT2D eigenvalue weighted by Crippen LogP contribution is 2.29. The van der Waals surface area contributed by atoms with Crippen LogP contribution >= 0.6 is 0 Å². The van der Waals surface area contributed by atoms with E-state index in [-0.39, 0.29) is 23.7 Å². The van der Waals surface area contributed by atoms with E-state index in [1.807, 2.05) is 0 Å². The van der Waals surface area contributed by atoms with Gasteiger partial charge in [-0.05, 0) is 29.8 Å². The molecule has 0 aliphatic carbocycles. The maximum atomic E-state index is 12.9. The molecule has 0 aliphatic rings. The number of hydrogen-bond acceptors (Lipinski definition) is 6. The predicted octanol–water partition coefficient (Wildman–Crippen LogP) is 1.62. The standard InChI is InChI=1S/C16H15N3O5S/c17-16(21)24-7-5-11-10-19(15-8-12(20)3-4-14(11)15)25(22,23)13-2-1-6-18-9-13/h1-4,6,8-10,20H,5,7H2,(H2,17,21). The van der Waals surface area contributed by atoms with Crippen molar-refractivity contribution in [3.8, 4) is 5.75 Å². The highest BCUT2D eigenvalue weighted by molar-refractivity contribution is 7.90. The first-order valence-electron chi connectivity index (χ1n) is 7.30. The number of phenolic OH excluding ortho intramolecular Hbond substituents is 1. The number of ether oxygens (including phenoxy) is 1. The van der Waals surface area contributed by atoms with Gasteiger partial charge < -0.3 is 15.6 Å². The van der Waals surface area contributed by atoms with Gasteiger partial charge in [0, 0.05) is 36.5 Å². The van der Waals surface area contributed by atoms with Crippen molar-refractivity contribution >= 4 is 27.0 Å². The van der Waals surface area contributed by atoms with E-state index in [1.165, 1.54) is 42.9 Å². The second-order valence-electron chi connectivity index (χ2n) is 5.26. The summed E-state index contributed by atoms with van der Waals surface area (Å²) >= 11 is 0. The highest BCUT2D eigenvalue weighted by Gasteiger charge is 2.21. The Balaban J connectivity index is 2.12. The first-order chi connectivity index (χ1) is 11.9. The molecule has 0 atom stereocenters. The quantitative estimate of drug-likeness (QED) is 0.711. The lowest BCUT2D eigenvalue weighted by Crippen LogP contribution is -2.14. The fourth-order valence-corrected chi connectivity index (χ4v) is 3.88. The highest BCUT2D eigenvalue weighted by atomic mass is 32.2. The molecule has 0 saturated heterocycles. The third-order valence-electron chi connectivity index (χ3n) is 3.64. The zero-order valence-corrected chi connectivity index (χ0v) is 13.8. The van der Waals surface area contributed by atoms with Crippen LogP contribution in [-0.4, -0.2) is 35.2 Å². The van der Waals surface area contributed by atoms with Gasteiger partial charge in [0.1, 0.15) is 10.6 Å². The Bertz CT molecular complexity index is 1030. The molecule has 3 N–H and O–H groups in total. The Labute approximate surface area is 143 Å². The second kappa shape index (κ2) is 6.44. The van der Waals surface area contributed by atoms with Gasteiger partial charge in [0.15, 0.2) is 0 Å². The van der Waals surface area contributed by atoms with Gasteiger partial charge >= 0.3 is 6.09 Å². The van der Waals surface area contributed by atoms with Crippen LogP contribution in [0.3, 0.4) is 0 Å². The maximum Gasteiger partial charge on any atom is 0.404 e. The molecule has 0 saturated carbocycles. The van der Waals surface area contributed by atoms with E-state index in [2.05, 4.69) is 4.98 Å².